The molecule has 102 valence electrons. The van der Waals surface area contributed by atoms with Gasteiger partial charge in [0.2, 0.25) is 5.96 Å². The van der Waals surface area contributed by atoms with Gasteiger partial charge in [-0.05, 0) is 12.8 Å². The van der Waals surface area contributed by atoms with E-state index < -0.39 is 10.8 Å². The Morgan fingerprint density at radius 1 is 1.59 bits per heavy atom. The summed E-state index contributed by atoms with van der Waals surface area (Å²) in [6.07, 6.45) is 3.40. The van der Waals surface area contributed by atoms with Gasteiger partial charge in [-0.3, -0.25) is 14.6 Å². The normalized spacial score (nSPS) is 15.4. The molecule has 4 N–H and O–H groups in total. The number of guanidine groups is 1. The molecule has 6 nitrogen and oxygen atoms in total. The summed E-state index contributed by atoms with van der Waals surface area (Å²) in [7, 11) is 0.880. The summed E-state index contributed by atoms with van der Waals surface area (Å²) in [6.45, 7) is 4.01. The average Bonchev–Trinajstić information content (AvgIpc) is 2.31. The van der Waals surface area contributed by atoms with E-state index in [1.807, 2.05) is 6.92 Å². The standard InChI is InChI=1S/C10H24N4O2S/c1-9(17(3)15)5-7-13-10(14-11)12-6-4-8-16-2/h9H,4-8,11H2,1-3H3,(H2,12,13,14). The van der Waals surface area contributed by atoms with E-state index in [-0.39, 0.29) is 5.25 Å². The van der Waals surface area contributed by atoms with E-state index in [1.165, 1.54) is 0 Å². The third-order valence-electron chi connectivity index (χ3n) is 2.32. The van der Waals surface area contributed by atoms with Crippen LogP contribution < -0.4 is 16.6 Å². The van der Waals surface area contributed by atoms with Crippen LogP contribution in [0.25, 0.3) is 0 Å². The van der Waals surface area contributed by atoms with E-state index in [1.54, 1.807) is 13.4 Å². The highest BCUT2D eigenvalue weighted by molar-refractivity contribution is 7.84. The van der Waals surface area contributed by atoms with Gasteiger partial charge in [0.15, 0.2) is 0 Å². The van der Waals surface area contributed by atoms with Crippen LogP contribution in [0.2, 0.25) is 0 Å². The summed E-state index contributed by atoms with van der Waals surface area (Å²) < 4.78 is 16.1. The first kappa shape index (κ1) is 16.3. The monoisotopic (exact) mass is 264 g/mol. The molecular weight excluding hydrogens is 240 g/mol. The molecular formula is C10H24N4O2S. The number of methoxy groups -OCH3 is 1. The molecule has 0 amide bonds. The van der Waals surface area contributed by atoms with Gasteiger partial charge in [-0.1, -0.05) is 6.92 Å². The van der Waals surface area contributed by atoms with E-state index in [9.17, 15) is 4.21 Å². The van der Waals surface area contributed by atoms with Crippen LogP contribution in [-0.4, -0.2) is 48.5 Å². The molecule has 2 unspecified atom stereocenters. The molecule has 0 aromatic heterocycles. The fourth-order valence-electron chi connectivity index (χ4n) is 1.11. The molecule has 0 saturated carbocycles. The Morgan fingerprint density at radius 3 is 2.82 bits per heavy atom. The summed E-state index contributed by atoms with van der Waals surface area (Å²) in [4.78, 5) is 4.23. The third kappa shape index (κ3) is 9.08. The number of ether oxygens (including phenoxy) is 1. The Bertz CT molecular complexity index is 248. The van der Waals surface area contributed by atoms with Gasteiger partial charge in [0, 0.05) is 49.1 Å². The van der Waals surface area contributed by atoms with Gasteiger partial charge >= 0.3 is 0 Å². The molecule has 0 fully saturated rings. The quantitative estimate of drug-likeness (QED) is 0.182. The SMILES string of the molecule is COCCCN=C(NN)NCCC(C)S(C)=O. The van der Waals surface area contributed by atoms with Crippen molar-refractivity contribution in [1.82, 2.24) is 10.7 Å². The summed E-state index contributed by atoms with van der Waals surface area (Å²) in [5.41, 5.74) is 2.50. The molecule has 0 aliphatic rings. The van der Waals surface area contributed by atoms with E-state index in [4.69, 9.17) is 10.6 Å². The fraction of sp³-hybridized carbons (Fsp3) is 0.900. The van der Waals surface area contributed by atoms with Crippen molar-refractivity contribution in [3.8, 4) is 0 Å². The molecule has 2 atom stereocenters. The molecule has 0 aliphatic heterocycles. The van der Waals surface area contributed by atoms with Crippen LogP contribution in [0.1, 0.15) is 19.8 Å². The van der Waals surface area contributed by atoms with Gasteiger partial charge < -0.3 is 10.1 Å². The zero-order valence-corrected chi connectivity index (χ0v) is 11.7. The smallest absolute Gasteiger partial charge is 0.205 e. The zero-order chi connectivity index (χ0) is 13.1. The highest BCUT2D eigenvalue weighted by Crippen LogP contribution is 1.96. The van der Waals surface area contributed by atoms with Crippen LogP contribution in [-0.2, 0) is 15.5 Å². The molecule has 0 bridgehead atoms. The Hall–Kier alpha value is -0.660. The van der Waals surface area contributed by atoms with Crippen molar-refractivity contribution in [2.24, 2.45) is 10.8 Å². The van der Waals surface area contributed by atoms with Gasteiger partial charge in [-0.25, -0.2) is 5.84 Å². The molecule has 7 heteroatoms. The highest BCUT2D eigenvalue weighted by atomic mass is 32.2. The van der Waals surface area contributed by atoms with Gasteiger partial charge in [0.05, 0.1) is 0 Å². The number of hydrazine groups is 1. The van der Waals surface area contributed by atoms with Crippen LogP contribution in [0.3, 0.4) is 0 Å². The van der Waals surface area contributed by atoms with Crippen molar-refractivity contribution in [1.29, 1.82) is 0 Å². The summed E-state index contributed by atoms with van der Waals surface area (Å²) >= 11 is 0. The average molecular weight is 264 g/mol. The fourth-order valence-corrected chi connectivity index (χ4v) is 1.56. The first-order valence-corrected chi connectivity index (χ1v) is 7.30. The minimum Gasteiger partial charge on any atom is -0.385 e. The largest absolute Gasteiger partial charge is 0.385 e. The zero-order valence-electron chi connectivity index (χ0n) is 10.9. The second-order valence-electron chi connectivity index (χ2n) is 3.75. The number of nitrogens with one attached hydrogen (secondary N) is 2. The molecule has 0 rings (SSSR count). The Labute approximate surface area is 106 Å². The molecule has 0 radical (unpaired) electrons. The van der Waals surface area contributed by atoms with Gasteiger partial charge in [0.1, 0.15) is 0 Å². The van der Waals surface area contributed by atoms with Gasteiger partial charge in [0.25, 0.3) is 0 Å². The first-order chi connectivity index (χ1) is 8.11. The lowest BCUT2D eigenvalue weighted by atomic mass is 10.3. The molecule has 0 heterocycles. The minimum absolute atomic E-state index is 0.176. The molecule has 0 aliphatic carbocycles. The maximum Gasteiger partial charge on any atom is 0.205 e. The van der Waals surface area contributed by atoms with Gasteiger partial charge in [-0.15, -0.1) is 0 Å². The van der Waals surface area contributed by atoms with E-state index >= 15 is 0 Å². The molecule has 0 saturated heterocycles. The third-order valence-corrected chi connectivity index (χ3v) is 3.69. The van der Waals surface area contributed by atoms with Crippen LogP contribution in [0.5, 0.6) is 0 Å². The second kappa shape index (κ2) is 10.5. The number of nitrogens with zero attached hydrogens (tertiary/aromatic N) is 1. The van der Waals surface area contributed by atoms with Crippen LogP contribution >= 0.6 is 0 Å². The second-order valence-corrected chi connectivity index (χ2v) is 5.55. The Morgan fingerprint density at radius 2 is 2.29 bits per heavy atom. The summed E-state index contributed by atoms with van der Waals surface area (Å²) in [5, 5.41) is 3.25. The van der Waals surface area contributed by atoms with Crippen molar-refractivity contribution < 1.29 is 8.95 Å². The molecule has 17 heavy (non-hydrogen) atoms. The molecule has 0 spiro atoms. The molecule has 0 aromatic carbocycles. The van der Waals surface area contributed by atoms with E-state index in [0.717, 1.165) is 12.8 Å². The van der Waals surface area contributed by atoms with E-state index in [2.05, 4.69) is 15.7 Å². The topological polar surface area (TPSA) is 88.7 Å². The predicted molar refractivity (Wildman–Crippen MR) is 72.3 cm³/mol. The van der Waals surface area contributed by atoms with Crippen molar-refractivity contribution in [3.05, 3.63) is 0 Å². The van der Waals surface area contributed by atoms with Crippen molar-refractivity contribution in [3.63, 3.8) is 0 Å². The summed E-state index contributed by atoms with van der Waals surface area (Å²) in [6, 6.07) is 0. The lowest BCUT2D eigenvalue weighted by Crippen LogP contribution is -2.42. The predicted octanol–water partition coefficient (Wildman–Crippen LogP) is -0.411. The van der Waals surface area contributed by atoms with Crippen LogP contribution in [0.4, 0.5) is 0 Å². The van der Waals surface area contributed by atoms with Crippen LogP contribution in [0, 0.1) is 0 Å². The number of hydrogen-bond acceptors (Lipinski definition) is 4. The van der Waals surface area contributed by atoms with Crippen molar-refractivity contribution in [2.45, 2.75) is 25.0 Å². The first-order valence-electron chi connectivity index (χ1n) is 5.68. The maximum atomic E-state index is 11.1. The highest BCUT2D eigenvalue weighted by Gasteiger charge is 2.05. The number of nitrogens with two attached hydrogens (primary N) is 1. The minimum atomic E-state index is -0.783. The maximum absolute atomic E-state index is 11.1. The van der Waals surface area contributed by atoms with Crippen molar-refractivity contribution >= 4 is 16.8 Å². The van der Waals surface area contributed by atoms with Crippen molar-refractivity contribution in [2.75, 3.05) is 33.1 Å². The molecule has 0 aromatic rings. The van der Waals surface area contributed by atoms with Gasteiger partial charge in [-0.2, -0.15) is 0 Å². The van der Waals surface area contributed by atoms with Crippen LogP contribution in [0.15, 0.2) is 4.99 Å². The Kier molecular flexibility index (Phi) is 10.1. The Balaban J connectivity index is 3.77. The summed E-state index contributed by atoms with van der Waals surface area (Å²) in [5.74, 6) is 5.89. The van der Waals surface area contributed by atoms with E-state index in [0.29, 0.717) is 25.7 Å². The lowest BCUT2D eigenvalue weighted by Gasteiger charge is -2.11. The lowest BCUT2D eigenvalue weighted by molar-refractivity contribution is 0.197. The number of rotatable bonds is 8. The number of aliphatic imine (C=N–C) groups is 1. The number of hydrogen-bond donors (Lipinski definition) is 3.